The van der Waals surface area contributed by atoms with Crippen molar-refractivity contribution in [1.82, 2.24) is 0 Å². The van der Waals surface area contributed by atoms with Gasteiger partial charge in [-0.15, -0.1) is 0 Å². The Hall–Kier alpha value is -1.62. The molecule has 19 heavy (non-hydrogen) atoms. The third-order valence-electron chi connectivity index (χ3n) is 2.33. The van der Waals surface area contributed by atoms with Gasteiger partial charge in [-0.1, -0.05) is 30.0 Å². The van der Waals surface area contributed by atoms with Crippen molar-refractivity contribution < 1.29 is 19.1 Å². The molecule has 3 nitrogen and oxygen atoms in total. The van der Waals surface area contributed by atoms with Gasteiger partial charge in [0.05, 0.1) is 6.42 Å². The SMILES string of the molecule is CC(=O)SCCC=Cc1ccc(F)cc1CC(=O)O. The quantitative estimate of drug-likeness (QED) is 0.814. The van der Waals surface area contributed by atoms with Gasteiger partial charge in [0, 0.05) is 12.7 Å². The number of carbonyl (C=O) groups excluding carboxylic acids is 1. The number of benzene rings is 1. The first-order chi connectivity index (χ1) is 8.99. The molecule has 0 unspecified atom stereocenters. The maximum atomic E-state index is 13.1. The van der Waals surface area contributed by atoms with Crippen LogP contribution in [0, 0.1) is 5.82 Å². The minimum absolute atomic E-state index is 0.0711. The molecular formula is C14H15FO3S. The fourth-order valence-corrected chi connectivity index (χ4v) is 2.08. The Balaban J connectivity index is 2.68. The van der Waals surface area contributed by atoms with Gasteiger partial charge in [0.1, 0.15) is 5.82 Å². The van der Waals surface area contributed by atoms with Gasteiger partial charge in [0.25, 0.3) is 0 Å². The predicted molar refractivity (Wildman–Crippen MR) is 74.5 cm³/mol. The highest BCUT2D eigenvalue weighted by Crippen LogP contribution is 2.15. The summed E-state index contributed by atoms with van der Waals surface area (Å²) in [5.41, 5.74) is 1.14. The highest BCUT2D eigenvalue weighted by Gasteiger charge is 2.06. The van der Waals surface area contributed by atoms with Gasteiger partial charge >= 0.3 is 5.97 Å². The standard InChI is InChI=1S/C14H15FO3S/c1-10(16)19-7-3-2-4-11-5-6-13(15)8-12(11)9-14(17)18/h2,4-6,8H,3,7,9H2,1H3,(H,17,18). The molecule has 102 valence electrons. The van der Waals surface area contributed by atoms with Gasteiger partial charge in [-0.25, -0.2) is 4.39 Å². The summed E-state index contributed by atoms with van der Waals surface area (Å²) in [5.74, 6) is -0.755. The van der Waals surface area contributed by atoms with E-state index in [1.54, 1.807) is 12.1 Å². The lowest BCUT2D eigenvalue weighted by Gasteiger charge is -2.03. The molecule has 0 radical (unpaired) electrons. The summed E-state index contributed by atoms with van der Waals surface area (Å²) in [6, 6.07) is 4.09. The lowest BCUT2D eigenvalue weighted by molar-refractivity contribution is -0.136. The average molecular weight is 282 g/mol. The molecule has 0 aliphatic heterocycles. The van der Waals surface area contributed by atoms with Crippen LogP contribution in [0.2, 0.25) is 0 Å². The molecule has 0 saturated carbocycles. The molecule has 0 bridgehead atoms. The second kappa shape index (κ2) is 7.74. The number of hydrogen-bond donors (Lipinski definition) is 1. The minimum atomic E-state index is -0.993. The van der Waals surface area contributed by atoms with E-state index in [4.69, 9.17) is 5.11 Å². The number of allylic oxidation sites excluding steroid dienone is 1. The van der Waals surface area contributed by atoms with Crippen LogP contribution in [0.5, 0.6) is 0 Å². The molecule has 0 amide bonds. The number of halogens is 1. The summed E-state index contributed by atoms with van der Waals surface area (Å²) in [6.07, 6.45) is 4.11. The Kier molecular flexibility index (Phi) is 6.29. The lowest BCUT2D eigenvalue weighted by atomic mass is 10.0. The van der Waals surface area contributed by atoms with Crippen molar-refractivity contribution in [3.8, 4) is 0 Å². The zero-order valence-electron chi connectivity index (χ0n) is 10.6. The topological polar surface area (TPSA) is 54.4 Å². The van der Waals surface area contributed by atoms with E-state index in [0.717, 1.165) is 0 Å². The van der Waals surface area contributed by atoms with Crippen molar-refractivity contribution >= 4 is 28.9 Å². The molecule has 0 fully saturated rings. The molecule has 1 rings (SSSR count). The van der Waals surface area contributed by atoms with Crippen LogP contribution < -0.4 is 0 Å². The summed E-state index contributed by atoms with van der Waals surface area (Å²) in [7, 11) is 0. The Morgan fingerprint density at radius 2 is 2.16 bits per heavy atom. The molecule has 1 N–H and O–H groups in total. The summed E-state index contributed by atoms with van der Waals surface area (Å²) in [5, 5.41) is 8.84. The fraction of sp³-hybridized carbons (Fsp3) is 0.286. The molecule has 5 heteroatoms. The van der Waals surface area contributed by atoms with Gasteiger partial charge in [-0.3, -0.25) is 9.59 Å². The van der Waals surface area contributed by atoms with Crippen LogP contribution in [0.1, 0.15) is 24.5 Å². The molecule has 0 heterocycles. The summed E-state index contributed by atoms with van der Waals surface area (Å²) in [6.45, 7) is 1.51. The Bertz CT molecular complexity index is 497. The van der Waals surface area contributed by atoms with Gasteiger partial charge in [-0.05, 0) is 29.7 Å². The van der Waals surface area contributed by atoms with Crippen LogP contribution in [-0.2, 0) is 16.0 Å². The third kappa shape index (κ3) is 6.20. The second-order valence-corrected chi connectivity index (χ2v) is 5.22. The number of carboxylic acid groups (broad SMARTS) is 1. The molecule has 0 saturated heterocycles. The van der Waals surface area contributed by atoms with Crippen LogP contribution in [-0.4, -0.2) is 21.9 Å². The zero-order valence-corrected chi connectivity index (χ0v) is 11.4. The maximum Gasteiger partial charge on any atom is 0.307 e. The predicted octanol–water partition coefficient (Wildman–Crippen LogP) is 3.14. The largest absolute Gasteiger partial charge is 0.481 e. The van der Waals surface area contributed by atoms with Crippen molar-refractivity contribution in [3.63, 3.8) is 0 Å². The van der Waals surface area contributed by atoms with Crippen molar-refractivity contribution in [3.05, 3.63) is 41.2 Å². The Labute approximate surface area is 115 Å². The van der Waals surface area contributed by atoms with Crippen LogP contribution in [0.4, 0.5) is 4.39 Å². The average Bonchev–Trinajstić information content (AvgIpc) is 2.30. The molecule has 1 aromatic rings. The first-order valence-electron chi connectivity index (χ1n) is 5.79. The molecule has 1 aromatic carbocycles. The zero-order chi connectivity index (χ0) is 14.3. The van der Waals surface area contributed by atoms with E-state index in [9.17, 15) is 14.0 Å². The number of carbonyl (C=O) groups is 2. The number of aliphatic carboxylic acids is 1. The Morgan fingerprint density at radius 1 is 1.42 bits per heavy atom. The van der Waals surface area contributed by atoms with E-state index in [0.29, 0.717) is 23.3 Å². The van der Waals surface area contributed by atoms with E-state index < -0.39 is 11.8 Å². The van der Waals surface area contributed by atoms with Gasteiger partial charge in [-0.2, -0.15) is 0 Å². The van der Waals surface area contributed by atoms with Crippen molar-refractivity contribution in [2.24, 2.45) is 0 Å². The monoisotopic (exact) mass is 282 g/mol. The van der Waals surface area contributed by atoms with Gasteiger partial charge in [0.2, 0.25) is 0 Å². The third-order valence-corrected chi connectivity index (χ3v) is 3.18. The smallest absolute Gasteiger partial charge is 0.307 e. The number of rotatable bonds is 6. The molecular weight excluding hydrogens is 267 g/mol. The number of thioether (sulfide) groups is 1. The van der Waals surface area contributed by atoms with Crippen LogP contribution in [0.3, 0.4) is 0 Å². The first kappa shape index (κ1) is 15.4. The van der Waals surface area contributed by atoms with Crippen LogP contribution in [0.25, 0.3) is 6.08 Å². The van der Waals surface area contributed by atoms with E-state index in [1.807, 2.05) is 6.08 Å². The van der Waals surface area contributed by atoms with E-state index in [2.05, 4.69) is 0 Å². The molecule has 0 aromatic heterocycles. The van der Waals surface area contributed by atoms with E-state index in [-0.39, 0.29) is 11.5 Å². The van der Waals surface area contributed by atoms with Crippen molar-refractivity contribution in [2.75, 3.05) is 5.75 Å². The van der Waals surface area contributed by atoms with E-state index in [1.165, 1.54) is 30.8 Å². The first-order valence-corrected chi connectivity index (χ1v) is 6.77. The van der Waals surface area contributed by atoms with Gasteiger partial charge < -0.3 is 5.11 Å². The maximum absolute atomic E-state index is 13.1. The highest BCUT2D eigenvalue weighted by atomic mass is 32.2. The Morgan fingerprint density at radius 3 is 2.79 bits per heavy atom. The molecule has 0 atom stereocenters. The van der Waals surface area contributed by atoms with Crippen molar-refractivity contribution in [2.45, 2.75) is 19.8 Å². The fourth-order valence-electron chi connectivity index (χ4n) is 1.53. The van der Waals surface area contributed by atoms with Crippen LogP contribution in [0.15, 0.2) is 24.3 Å². The lowest BCUT2D eigenvalue weighted by Crippen LogP contribution is -2.02. The van der Waals surface area contributed by atoms with Gasteiger partial charge in [0.15, 0.2) is 5.12 Å². The number of hydrogen-bond acceptors (Lipinski definition) is 3. The highest BCUT2D eigenvalue weighted by molar-refractivity contribution is 8.13. The molecule has 0 spiro atoms. The minimum Gasteiger partial charge on any atom is -0.481 e. The molecule has 0 aliphatic rings. The number of carboxylic acids is 1. The van der Waals surface area contributed by atoms with Crippen molar-refractivity contribution in [1.29, 1.82) is 0 Å². The molecule has 0 aliphatic carbocycles. The van der Waals surface area contributed by atoms with E-state index >= 15 is 0 Å². The summed E-state index contributed by atoms with van der Waals surface area (Å²) < 4.78 is 13.1. The summed E-state index contributed by atoms with van der Waals surface area (Å²) in [4.78, 5) is 21.4. The second-order valence-electron chi connectivity index (χ2n) is 3.94. The summed E-state index contributed by atoms with van der Waals surface area (Å²) >= 11 is 1.24. The normalized spacial score (nSPS) is 10.8. The van der Waals surface area contributed by atoms with Crippen LogP contribution >= 0.6 is 11.8 Å².